The van der Waals surface area contributed by atoms with Crippen LogP contribution in [0.5, 0.6) is 0 Å². The van der Waals surface area contributed by atoms with Gasteiger partial charge in [0.2, 0.25) is 0 Å². The molecule has 0 spiro atoms. The minimum atomic E-state index is -0.354. The van der Waals surface area contributed by atoms with Gasteiger partial charge in [-0.3, -0.25) is 0 Å². The number of rotatable bonds is 2. The topological polar surface area (TPSA) is 23.4 Å². The molecule has 5 heteroatoms. The zero-order chi connectivity index (χ0) is 22.1. The summed E-state index contributed by atoms with van der Waals surface area (Å²) in [6.45, 7) is 6.26. The molecule has 1 saturated heterocycles. The molecule has 1 aliphatic rings. The second kappa shape index (κ2) is 6.74. The van der Waals surface area contributed by atoms with Gasteiger partial charge in [0.25, 0.3) is 0 Å². The average molecular weight is 417 g/mol. The van der Waals surface area contributed by atoms with E-state index in [1.54, 1.807) is 0 Å². The number of benzene rings is 4. The maximum absolute atomic E-state index is 6.25. The smallest absolute Gasteiger partial charge is 0.407 e. The van der Waals surface area contributed by atoms with Crippen LogP contribution in [0.2, 0.25) is 0 Å². The lowest BCUT2D eigenvalue weighted by Gasteiger charge is -2.32. The normalized spacial score (nSPS) is 20.5. The Morgan fingerprint density at radius 1 is 0.719 bits per heavy atom. The van der Waals surface area contributed by atoms with Crippen molar-refractivity contribution in [3.05, 3.63) is 84.9 Å². The Bertz CT molecular complexity index is 1470. The SMILES string of the molecule is BC1(C)OB(c2ccc(-n3c4ccccc4c4ccc5ccccc5c43)cc2)OC1(C)C. The van der Waals surface area contributed by atoms with Gasteiger partial charge in [0.15, 0.2) is 0 Å². The van der Waals surface area contributed by atoms with E-state index < -0.39 is 0 Å². The van der Waals surface area contributed by atoms with Gasteiger partial charge >= 0.3 is 7.12 Å². The van der Waals surface area contributed by atoms with Crippen LogP contribution in [0, 0.1) is 0 Å². The first-order valence-electron chi connectivity index (χ1n) is 11.2. The number of aromatic nitrogens is 1. The van der Waals surface area contributed by atoms with E-state index in [4.69, 9.17) is 9.31 Å². The molecular formula is C27H25B2NO2. The fourth-order valence-corrected chi connectivity index (χ4v) is 4.76. The second-order valence-electron chi connectivity index (χ2n) is 9.72. The zero-order valence-electron chi connectivity index (χ0n) is 18.9. The van der Waals surface area contributed by atoms with E-state index in [2.05, 4.69) is 118 Å². The molecule has 1 aliphatic heterocycles. The quantitative estimate of drug-likeness (QED) is 0.385. The van der Waals surface area contributed by atoms with Crippen molar-refractivity contribution < 1.29 is 9.31 Å². The van der Waals surface area contributed by atoms with Crippen LogP contribution in [0.3, 0.4) is 0 Å². The minimum absolute atomic E-state index is 0.345. The highest BCUT2D eigenvalue weighted by Crippen LogP contribution is 2.37. The lowest BCUT2D eigenvalue weighted by atomic mass is 9.71. The molecule has 0 N–H and O–H groups in total. The van der Waals surface area contributed by atoms with Crippen molar-refractivity contribution in [3.8, 4) is 5.69 Å². The second-order valence-corrected chi connectivity index (χ2v) is 9.72. The molecule has 0 saturated carbocycles. The van der Waals surface area contributed by atoms with E-state index in [9.17, 15) is 0 Å². The summed E-state index contributed by atoms with van der Waals surface area (Å²) >= 11 is 0. The maximum Gasteiger partial charge on any atom is 0.494 e. The van der Waals surface area contributed by atoms with Crippen LogP contribution in [0.25, 0.3) is 38.3 Å². The fraction of sp³-hybridized carbons (Fsp3) is 0.185. The molecule has 1 atom stereocenters. The number of para-hydroxylation sites is 1. The summed E-state index contributed by atoms with van der Waals surface area (Å²) in [4.78, 5) is 0. The van der Waals surface area contributed by atoms with Gasteiger partial charge in [-0.05, 0) is 49.8 Å². The Morgan fingerprint density at radius 3 is 2.12 bits per heavy atom. The third-order valence-corrected chi connectivity index (χ3v) is 7.24. The number of nitrogens with zero attached hydrogens (tertiary/aromatic N) is 1. The van der Waals surface area contributed by atoms with Gasteiger partial charge in [-0.1, -0.05) is 66.7 Å². The third-order valence-electron chi connectivity index (χ3n) is 7.24. The lowest BCUT2D eigenvalue weighted by Crippen LogP contribution is -2.45. The van der Waals surface area contributed by atoms with Gasteiger partial charge in [-0.2, -0.15) is 0 Å². The van der Waals surface area contributed by atoms with Crippen LogP contribution in [-0.2, 0) is 9.31 Å². The van der Waals surface area contributed by atoms with Gasteiger partial charge in [-0.25, -0.2) is 0 Å². The van der Waals surface area contributed by atoms with Crippen molar-refractivity contribution in [3.63, 3.8) is 0 Å². The van der Waals surface area contributed by atoms with Crippen molar-refractivity contribution in [1.82, 2.24) is 4.57 Å². The number of hydrogen-bond donors (Lipinski definition) is 0. The summed E-state index contributed by atoms with van der Waals surface area (Å²) in [6, 6.07) is 30.3. The molecular weight excluding hydrogens is 392 g/mol. The van der Waals surface area contributed by atoms with E-state index in [-0.39, 0.29) is 18.2 Å². The van der Waals surface area contributed by atoms with Gasteiger partial charge in [0, 0.05) is 27.3 Å². The highest BCUT2D eigenvalue weighted by atomic mass is 16.7. The van der Waals surface area contributed by atoms with E-state index in [1.807, 2.05) is 0 Å². The van der Waals surface area contributed by atoms with E-state index in [0.717, 1.165) is 11.2 Å². The molecule has 0 bridgehead atoms. The average Bonchev–Trinajstić information content (AvgIpc) is 3.24. The molecule has 0 aliphatic carbocycles. The maximum atomic E-state index is 6.25. The standard InChI is InChI=1S/C27H25B2NO2/c1-26(2)27(3,28)32-29(31-26)19-13-15-20(16-14-19)30-24-11-7-6-10-22(24)23-17-12-18-8-4-5-9-21(18)25(23)30/h4-17H,28H2,1-3H3. The molecule has 3 nitrogen and oxygen atoms in total. The number of fused-ring (bicyclic) bond motifs is 5. The molecule has 1 unspecified atom stereocenters. The summed E-state index contributed by atoms with van der Waals surface area (Å²) < 4.78 is 14.9. The Balaban J connectivity index is 1.53. The highest BCUT2D eigenvalue weighted by molar-refractivity contribution is 6.62. The Hall–Kier alpha value is -3.01. The van der Waals surface area contributed by atoms with Crippen molar-refractivity contribution in [2.24, 2.45) is 0 Å². The molecule has 6 rings (SSSR count). The monoisotopic (exact) mass is 417 g/mol. The van der Waals surface area contributed by atoms with E-state index in [0.29, 0.717) is 0 Å². The van der Waals surface area contributed by atoms with Crippen LogP contribution >= 0.6 is 0 Å². The van der Waals surface area contributed by atoms with Crippen LogP contribution in [0.4, 0.5) is 0 Å². The molecule has 1 fully saturated rings. The minimum Gasteiger partial charge on any atom is -0.407 e. The van der Waals surface area contributed by atoms with Gasteiger partial charge in [0.1, 0.15) is 7.85 Å². The Kier molecular flexibility index (Phi) is 4.14. The summed E-state index contributed by atoms with van der Waals surface area (Å²) in [7, 11) is 1.73. The van der Waals surface area contributed by atoms with Gasteiger partial charge in [-0.15, -0.1) is 0 Å². The van der Waals surface area contributed by atoms with Crippen LogP contribution in [-0.4, -0.2) is 30.6 Å². The summed E-state index contributed by atoms with van der Waals surface area (Å²) in [5, 5.41) is 5.05. The van der Waals surface area contributed by atoms with Crippen molar-refractivity contribution in [2.75, 3.05) is 0 Å². The van der Waals surface area contributed by atoms with Crippen molar-refractivity contribution >= 4 is 53.0 Å². The summed E-state index contributed by atoms with van der Waals surface area (Å²) in [5.74, 6) is 0. The first-order chi connectivity index (χ1) is 15.4. The molecule has 4 aromatic carbocycles. The largest absolute Gasteiger partial charge is 0.494 e. The van der Waals surface area contributed by atoms with Crippen molar-refractivity contribution in [2.45, 2.75) is 31.9 Å². The van der Waals surface area contributed by atoms with Crippen LogP contribution < -0.4 is 5.46 Å². The van der Waals surface area contributed by atoms with Gasteiger partial charge < -0.3 is 13.9 Å². The van der Waals surface area contributed by atoms with Crippen LogP contribution in [0.15, 0.2) is 84.9 Å². The lowest BCUT2D eigenvalue weighted by molar-refractivity contribution is 0.0539. The third kappa shape index (κ3) is 2.78. The highest BCUT2D eigenvalue weighted by Gasteiger charge is 2.51. The Morgan fingerprint density at radius 2 is 1.41 bits per heavy atom. The Labute approximate surface area is 189 Å². The molecule has 0 amide bonds. The van der Waals surface area contributed by atoms with E-state index in [1.165, 1.54) is 32.6 Å². The fourth-order valence-electron chi connectivity index (χ4n) is 4.76. The molecule has 0 radical (unpaired) electrons. The molecule has 2 heterocycles. The molecule has 5 aromatic rings. The summed E-state index contributed by atoms with van der Waals surface area (Å²) in [5.41, 5.74) is 3.94. The zero-order valence-corrected chi connectivity index (χ0v) is 18.9. The predicted molar refractivity (Wildman–Crippen MR) is 137 cm³/mol. The first-order valence-corrected chi connectivity index (χ1v) is 11.2. The van der Waals surface area contributed by atoms with E-state index >= 15 is 0 Å². The summed E-state index contributed by atoms with van der Waals surface area (Å²) in [6.07, 6.45) is 0. The van der Waals surface area contributed by atoms with Crippen LogP contribution in [0.1, 0.15) is 20.8 Å². The van der Waals surface area contributed by atoms with Crippen molar-refractivity contribution in [1.29, 1.82) is 0 Å². The first kappa shape index (κ1) is 19.7. The molecule has 32 heavy (non-hydrogen) atoms. The van der Waals surface area contributed by atoms with Gasteiger partial charge in [0.05, 0.1) is 16.6 Å². The predicted octanol–water partition coefficient (Wildman–Crippen LogP) is 4.81. The molecule has 156 valence electrons. The number of hydrogen-bond acceptors (Lipinski definition) is 2. The molecule has 1 aromatic heterocycles.